The molecule has 5 nitrogen and oxygen atoms in total. The Bertz CT molecular complexity index is 439. The second kappa shape index (κ2) is 4.27. The summed E-state index contributed by atoms with van der Waals surface area (Å²) < 4.78 is 0. The van der Waals surface area contributed by atoms with E-state index in [-0.39, 0.29) is 0 Å². The third-order valence-corrected chi connectivity index (χ3v) is 2.05. The van der Waals surface area contributed by atoms with E-state index in [9.17, 15) is 0 Å². The van der Waals surface area contributed by atoms with E-state index in [0.717, 1.165) is 12.2 Å². The molecule has 2 rings (SSSR count). The second-order valence-electron chi connectivity index (χ2n) is 2.87. The van der Waals surface area contributed by atoms with Gasteiger partial charge in [0.25, 0.3) is 0 Å². The van der Waals surface area contributed by atoms with Gasteiger partial charge in [-0.05, 0) is 19.1 Å². The molecule has 78 valence electrons. The highest BCUT2D eigenvalue weighted by Crippen LogP contribution is 2.17. The molecule has 0 spiro atoms. The van der Waals surface area contributed by atoms with E-state index in [1.54, 1.807) is 12.4 Å². The summed E-state index contributed by atoms with van der Waals surface area (Å²) in [4.78, 5) is 5.43. The number of hydrogen-bond donors (Lipinski definition) is 1. The van der Waals surface area contributed by atoms with Crippen molar-refractivity contribution in [3.05, 3.63) is 29.7 Å². The summed E-state index contributed by atoms with van der Waals surface area (Å²) in [5.74, 6) is 0.586. The maximum Gasteiger partial charge on any atom is 0.195 e. The number of nitrogens with zero attached hydrogens (tertiary/aromatic N) is 4. The largest absolute Gasteiger partial charge is 0.366 e. The van der Waals surface area contributed by atoms with Crippen LogP contribution in [-0.2, 0) is 0 Å². The Morgan fingerprint density at radius 1 is 1.47 bits per heavy atom. The monoisotopic (exact) mass is 223 g/mol. The SMILES string of the molecule is CCNc1nn(-c2cccnc2)nc1Cl. The van der Waals surface area contributed by atoms with E-state index in [0.29, 0.717) is 11.0 Å². The van der Waals surface area contributed by atoms with Crippen molar-refractivity contribution in [3.8, 4) is 5.69 Å². The van der Waals surface area contributed by atoms with Gasteiger partial charge in [-0.2, -0.15) is 0 Å². The molecule has 0 saturated heterocycles. The lowest BCUT2D eigenvalue weighted by molar-refractivity contribution is 0.749. The zero-order valence-electron chi connectivity index (χ0n) is 8.18. The highest BCUT2D eigenvalue weighted by molar-refractivity contribution is 6.31. The molecule has 15 heavy (non-hydrogen) atoms. The zero-order valence-corrected chi connectivity index (χ0v) is 8.94. The number of rotatable bonds is 3. The molecular weight excluding hydrogens is 214 g/mol. The van der Waals surface area contributed by atoms with E-state index >= 15 is 0 Å². The van der Waals surface area contributed by atoms with Crippen LogP contribution in [0, 0.1) is 0 Å². The van der Waals surface area contributed by atoms with Gasteiger partial charge >= 0.3 is 0 Å². The lowest BCUT2D eigenvalue weighted by Crippen LogP contribution is -2.01. The normalized spacial score (nSPS) is 10.3. The molecule has 0 aliphatic carbocycles. The van der Waals surface area contributed by atoms with Crippen LogP contribution >= 0.6 is 11.6 Å². The maximum atomic E-state index is 5.90. The van der Waals surface area contributed by atoms with Gasteiger partial charge in [0, 0.05) is 12.7 Å². The van der Waals surface area contributed by atoms with Crippen LogP contribution in [-0.4, -0.2) is 26.5 Å². The minimum Gasteiger partial charge on any atom is -0.366 e. The van der Waals surface area contributed by atoms with Crippen molar-refractivity contribution >= 4 is 17.4 Å². The third kappa shape index (κ3) is 2.07. The van der Waals surface area contributed by atoms with Gasteiger partial charge < -0.3 is 5.32 Å². The molecule has 0 radical (unpaired) electrons. The van der Waals surface area contributed by atoms with E-state index < -0.39 is 0 Å². The molecule has 0 amide bonds. The summed E-state index contributed by atoms with van der Waals surface area (Å²) in [5.41, 5.74) is 0.781. The second-order valence-corrected chi connectivity index (χ2v) is 3.23. The summed E-state index contributed by atoms with van der Waals surface area (Å²) in [6.07, 6.45) is 3.37. The van der Waals surface area contributed by atoms with Crippen molar-refractivity contribution < 1.29 is 0 Å². The molecule has 0 bridgehead atoms. The summed E-state index contributed by atoms with van der Waals surface area (Å²) in [5, 5.41) is 11.6. The number of hydrogen-bond acceptors (Lipinski definition) is 4. The highest BCUT2D eigenvalue weighted by Gasteiger charge is 2.08. The van der Waals surface area contributed by atoms with Crippen LogP contribution in [0.15, 0.2) is 24.5 Å². The van der Waals surface area contributed by atoms with Crippen LogP contribution in [0.1, 0.15) is 6.92 Å². The van der Waals surface area contributed by atoms with Gasteiger partial charge in [0.1, 0.15) is 5.69 Å². The van der Waals surface area contributed by atoms with Crippen LogP contribution in [0.2, 0.25) is 5.15 Å². The molecule has 1 N–H and O–H groups in total. The van der Waals surface area contributed by atoms with Crippen molar-refractivity contribution in [2.24, 2.45) is 0 Å². The molecule has 0 atom stereocenters. The molecule has 6 heteroatoms. The topological polar surface area (TPSA) is 55.6 Å². The molecule has 2 aromatic heterocycles. The number of anilines is 1. The van der Waals surface area contributed by atoms with Gasteiger partial charge in [0.2, 0.25) is 0 Å². The quantitative estimate of drug-likeness (QED) is 0.862. The van der Waals surface area contributed by atoms with E-state index in [4.69, 9.17) is 11.6 Å². The average molecular weight is 224 g/mol. The fourth-order valence-corrected chi connectivity index (χ4v) is 1.33. The van der Waals surface area contributed by atoms with Crippen LogP contribution in [0.4, 0.5) is 5.82 Å². The zero-order chi connectivity index (χ0) is 10.7. The smallest absolute Gasteiger partial charge is 0.195 e. The molecule has 0 saturated carbocycles. The fraction of sp³-hybridized carbons (Fsp3) is 0.222. The van der Waals surface area contributed by atoms with Crippen LogP contribution < -0.4 is 5.32 Å². The van der Waals surface area contributed by atoms with Gasteiger partial charge in [-0.1, -0.05) is 11.6 Å². The van der Waals surface area contributed by atoms with E-state index in [1.165, 1.54) is 4.80 Å². The Morgan fingerprint density at radius 2 is 2.33 bits per heavy atom. The number of nitrogens with one attached hydrogen (secondary N) is 1. The number of aromatic nitrogens is 4. The minimum atomic E-state index is 0.362. The lowest BCUT2D eigenvalue weighted by Gasteiger charge is -1.97. The summed E-state index contributed by atoms with van der Waals surface area (Å²) in [7, 11) is 0. The first-order valence-corrected chi connectivity index (χ1v) is 4.96. The first kappa shape index (κ1) is 9.92. The van der Waals surface area contributed by atoms with Crippen molar-refractivity contribution in [2.45, 2.75) is 6.92 Å². The van der Waals surface area contributed by atoms with Gasteiger partial charge in [0.05, 0.1) is 6.20 Å². The Balaban J connectivity index is 2.34. The summed E-state index contributed by atoms with van der Waals surface area (Å²) in [6, 6.07) is 3.68. The van der Waals surface area contributed by atoms with Crippen molar-refractivity contribution in [1.29, 1.82) is 0 Å². The number of pyridine rings is 1. The Hall–Kier alpha value is -1.62. The first-order chi connectivity index (χ1) is 7.31. The Labute approximate surface area is 92.1 Å². The summed E-state index contributed by atoms with van der Waals surface area (Å²) >= 11 is 5.90. The molecule has 0 unspecified atom stereocenters. The Morgan fingerprint density at radius 3 is 3.00 bits per heavy atom. The predicted octanol–water partition coefficient (Wildman–Crippen LogP) is 1.75. The number of halogens is 1. The highest BCUT2D eigenvalue weighted by atomic mass is 35.5. The van der Waals surface area contributed by atoms with Crippen LogP contribution in [0.5, 0.6) is 0 Å². The molecular formula is C9H10ClN5. The van der Waals surface area contributed by atoms with E-state index in [2.05, 4.69) is 20.5 Å². The molecule has 0 fully saturated rings. The molecule has 0 aliphatic heterocycles. The predicted molar refractivity (Wildman–Crippen MR) is 58.3 cm³/mol. The Kier molecular flexibility index (Phi) is 2.82. The minimum absolute atomic E-state index is 0.362. The van der Waals surface area contributed by atoms with Crippen molar-refractivity contribution in [1.82, 2.24) is 20.0 Å². The molecule has 2 heterocycles. The van der Waals surface area contributed by atoms with Crippen molar-refractivity contribution in [3.63, 3.8) is 0 Å². The lowest BCUT2D eigenvalue weighted by atomic mass is 10.4. The maximum absolute atomic E-state index is 5.90. The average Bonchev–Trinajstić information content (AvgIpc) is 2.63. The van der Waals surface area contributed by atoms with Crippen molar-refractivity contribution in [2.75, 3.05) is 11.9 Å². The molecule has 2 aromatic rings. The summed E-state index contributed by atoms with van der Waals surface area (Å²) in [6.45, 7) is 2.73. The standard InChI is InChI=1S/C9H10ClN5/c1-2-12-9-8(10)13-15(14-9)7-4-3-5-11-6-7/h3-6H,2H2,1H3,(H,12,14). The fourth-order valence-electron chi connectivity index (χ4n) is 1.15. The van der Waals surface area contributed by atoms with Gasteiger partial charge in [-0.15, -0.1) is 15.0 Å². The van der Waals surface area contributed by atoms with Crippen LogP contribution in [0.3, 0.4) is 0 Å². The van der Waals surface area contributed by atoms with E-state index in [1.807, 2.05) is 19.1 Å². The third-order valence-electron chi connectivity index (χ3n) is 1.79. The van der Waals surface area contributed by atoms with Gasteiger partial charge in [0.15, 0.2) is 11.0 Å². The van der Waals surface area contributed by atoms with Gasteiger partial charge in [-0.3, -0.25) is 4.98 Å². The molecule has 0 aliphatic rings. The first-order valence-electron chi connectivity index (χ1n) is 4.58. The molecule has 0 aromatic carbocycles. The van der Waals surface area contributed by atoms with Gasteiger partial charge in [-0.25, -0.2) is 0 Å². The van der Waals surface area contributed by atoms with Crippen LogP contribution in [0.25, 0.3) is 5.69 Å².